The lowest BCUT2D eigenvalue weighted by molar-refractivity contribution is 0.521. The van der Waals surface area contributed by atoms with Gasteiger partial charge < -0.3 is 4.90 Å². The average Bonchev–Trinajstić information content (AvgIpc) is 3.24. The number of sulfonamides is 1. The highest BCUT2D eigenvalue weighted by Gasteiger charge is 2.17. The number of hydrogen-bond donors (Lipinski definition) is 1. The molecule has 0 amide bonds. The van der Waals surface area contributed by atoms with Gasteiger partial charge in [-0.05, 0) is 43.7 Å². The maximum absolute atomic E-state index is 12.2. The minimum Gasteiger partial charge on any atom is -0.372 e. The molecule has 31 heavy (non-hydrogen) atoms. The van der Waals surface area contributed by atoms with Crippen LogP contribution in [0, 0.1) is 0 Å². The predicted octanol–water partition coefficient (Wildman–Crippen LogP) is 4.35. The van der Waals surface area contributed by atoms with Gasteiger partial charge in [0.05, 0.1) is 16.8 Å². The Morgan fingerprint density at radius 3 is 2.26 bits per heavy atom. The molecule has 7 nitrogen and oxygen atoms in total. The van der Waals surface area contributed by atoms with Gasteiger partial charge in [0.2, 0.25) is 15.2 Å². The van der Waals surface area contributed by atoms with Crippen LogP contribution in [0.15, 0.2) is 63.9 Å². The zero-order valence-corrected chi connectivity index (χ0v) is 19.7. The van der Waals surface area contributed by atoms with E-state index in [9.17, 15) is 8.42 Å². The van der Waals surface area contributed by atoms with Gasteiger partial charge in [0.1, 0.15) is 0 Å². The number of hydrogen-bond acceptors (Lipinski definition) is 7. The molecule has 0 radical (unpaired) electrons. The Labute approximate surface area is 188 Å². The highest BCUT2D eigenvalue weighted by atomic mass is 32.2. The van der Waals surface area contributed by atoms with E-state index in [0.29, 0.717) is 5.13 Å². The first kappa shape index (κ1) is 22.9. The van der Waals surface area contributed by atoms with E-state index in [1.165, 1.54) is 35.4 Å². The predicted molar refractivity (Wildman–Crippen MR) is 130 cm³/mol. The highest BCUT2D eigenvalue weighted by molar-refractivity contribution is 7.89. The Morgan fingerprint density at radius 1 is 1.03 bits per heavy atom. The van der Waals surface area contributed by atoms with Crippen molar-refractivity contribution in [3.8, 4) is 11.3 Å². The summed E-state index contributed by atoms with van der Waals surface area (Å²) in [5.74, 6) is 0. The molecule has 0 spiro atoms. The first-order valence-corrected chi connectivity index (χ1v) is 12.3. The quantitative estimate of drug-likeness (QED) is 0.382. The summed E-state index contributed by atoms with van der Waals surface area (Å²) in [5.41, 5.74) is 6.76. The van der Waals surface area contributed by atoms with Crippen LogP contribution in [0.25, 0.3) is 11.3 Å². The minimum absolute atomic E-state index is 0.256. The SMILES string of the molecule is CCN(CC)c1ccc(/C=N\Nc2nc(-c3ccc(S(=O)(=O)N(C)C)cc3)cs2)cc1. The van der Waals surface area contributed by atoms with Gasteiger partial charge in [0.15, 0.2) is 0 Å². The van der Waals surface area contributed by atoms with Gasteiger partial charge in [-0.2, -0.15) is 5.10 Å². The number of nitrogens with one attached hydrogen (secondary N) is 1. The zero-order valence-electron chi connectivity index (χ0n) is 18.1. The molecule has 0 unspecified atom stereocenters. The zero-order chi connectivity index (χ0) is 22.4. The number of anilines is 2. The third kappa shape index (κ3) is 5.49. The minimum atomic E-state index is -3.44. The van der Waals surface area contributed by atoms with Gasteiger partial charge in [0, 0.05) is 43.8 Å². The molecule has 1 heterocycles. The molecule has 164 valence electrons. The van der Waals surface area contributed by atoms with E-state index >= 15 is 0 Å². The monoisotopic (exact) mass is 457 g/mol. The second-order valence-corrected chi connectivity index (χ2v) is 9.99. The maximum Gasteiger partial charge on any atom is 0.242 e. The van der Waals surface area contributed by atoms with E-state index in [4.69, 9.17) is 0 Å². The molecule has 0 saturated carbocycles. The van der Waals surface area contributed by atoms with E-state index in [0.717, 1.165) is 29.9 Å². The van der Waals surface area contributed by atoms with Crippen molar-refractivity contribution in [3.05, 3.63) is 59.5 Å². The van der Waals surface area contributed by atoms with E-state index in [-0.39, 0.29) is 4.90 Å². The second kappa shape index (κ2) is 10.0. The Kier molecular flexibility index (Phi) is 7.42. The fourth-order valence-corrected chi connectivity index (χ4v) is 4.56. The number of hydrazone groups is 1. The van der Waals surface area contributed by atoms with Crippen molar-refractivity contribution in [1.82, 2.24) is 9.29 Å². The summed E-state index contributed by atoms with van der Waals surface area (Å²) in [6.07, 6.45) is 1.76. The van der Waals surface area contributed by atoms with Crippen LogP contribution in [0.3, 0.4) is 0 Å². The lowest BCUT2D eigenvalue weighted by Crippen LogP contribution is -2.22. The fourth-order valence-electron chi connectivity index (χ4n) is 2.99. The summed E-state index contributed by atoms with van der Waals surface area (Å²) >= 11 is 1.44. The van der Waals surface area contributed by atoms with Gasteiger partial charge in [-0.3, -0.25) is 5.43 Å². The molecule has 0 fully saturated rings. The number of rotatable bonds is 9. The van der Waals surface area contributed by atoms with Crippen LogP contribution < -0.4 is 10.3 Å². The maximum atomic E-state index is 12.2. The molecule has 1 aromatic heterocycles. The molecule has 2 aromatic carbocycles. The van der Waals surface area contributed by atoms with Gasteiger partial charge in [-0.15, -0.1) is 11.3 Å². The Bertz CT molecular complexity index is 1120. The molecule has 0 atom stereocenters. The molecule has 0 aliphatic carbocycles. The fraction of sp³-hybridized carbons (Fsp3) is 0.273. The summed E-state index contributed by atoms with van der Waals surface area (Å²) in [6.45, 7) is 6.24. The van der Waals surface area contributed by atoms with Crippen LogP contribution >= 0.6 is 11.3 Å². The number of nitrogens with zero attached hydrogens (tertiary/aromatic N) is 4. The Morgan fingerprint density at radius 2 is 1.68 bits per heavy atom. The molecule has 9 heteroatoms. The third-order valence-corrected chi connectivity index (χ3v) is 7.40. The van der Waals surface area contributed by atoms with E-state index in [2.05, 4.69) is 46.4 Å². The van der Waals surface area contributed by atoms with Crippen LogP contribution in [-0.4, -0.2) is 51.1 Å². The lowest BCUT2D eigenvalue weighted by atomic mass is 10.2. The van der Waals surface area contributed by atoms with Crippen molar-refractivity contribution in [2.75, 3.05) is 37.5 Å². The summed E-state index contributed by atoms with van der Waals surface area (Å²) < 4.78 is 25.6. The molecular weight excluding hydrogens is 430 g/mol. The van der Waals surface area contributed by atoms with Crippen LogP contribution in [0.1, 0.15) is 19.4 Å². The van der Waals surface area contributed by atoms with Gasteiger partial charge >= 0.3 is 0 Å². The van der Waals surface area contributed by atoms with Crippen molar-refractivity contribution < 1.29 is 8.42 Å². The molecule has 0 bridgehead atoms. The molecule has 1 N–H and O–H groups in total. The van der Waals surface area contributed by atoms with Crippen molar-refractivity contribution in [2.24, 2.45) is 5.10 Å². The first-order valence-electron chi connectivity index (χ1n) is 9.97. The van der Waals surface area contributed by atoms with E-state index in [1.807, 2.05) is 17.5 Å². The summed E-state index contributed by atoms with van der Waals surface area (Å²) in [7, 11) is -0.408. The van der Waals surface area contributed by atoms with Gasteiger partial charge in [0.25, 0.3) is 0 Å². The van der Waals surface area contributed by atoms with Gasteiger partial charge in [-0.1, -0.05) is 24.3 Å². The number of thiazole rings is 1. The van der Waals surface area contributed by atoms with E-state index in [1.54, 1.807) is 30.5 Å². The summed E-state index contributed by atoms with van der Waals surface area (Å²) in [4.78, 5) is 7.07. The standard InChI is InChI=1S/C22H27N5O2S2/c1-5-27(6-2)19-11-7-17(8-12-19)15-23-25-22-24-21(16-30-22)18-9-13-20(14-10-18)31(28,29)26(3)4/h7-16H,5-6H2,1-4H3,(H,24,25)/b23-15-. The molecule has 3 aromatic rings. The van der Waals surface area contributed by atoms with E-state index < -0.39 is 10.0 Å². The molecular formula is C22H27N5O2S2. The first-order chi connectivity index (χ1) is 14.8. The number of aromatic nitrogens is 1. The highest BCUT2D eigenvalue weighted by Crippen LogP contribution is 2.26. The van der Waals surface area contributed by atoms with Crippen molar-refractivity contribution in [3.63, 3.8) is 0 Å². The second-order valence-electron chi connectivity index (χ2n) is 6.98. The van der Waals surface area contributed by atoms with Crippen LogP contribution in [0.5, 0.6) is 0 Å². The third-order valence-electron chi connectivity index (χ3n) is 4.83. The van der Waals surface area contributed by atoms with Crippen LogP contribution in [0.2, 0.25) is 0 Å². The molecule has 3 rings (SSSR count). The van der Waals surface area contributed by atoms with Crippen molar-refractivity contribution in [2.45, 2.75) is 18.7 Å². The Hall–Kier alpha value is -2.75. The molecule has 0 aliphatic rings. The lowest BCUT2D eigenvalue weighted by Gasteiger charge is -2.20. The summed E-state index contributed by atoms with van der Waals surface area (Å²) in [5, 5.41) is 6.85. The van der Waals surface area contributed by atoms with Gasteiger partial charge in [-0.25, -0.2) is 17.7 Å². The number of benzene rings is 2. The average molecular weight is 458 g/mol. The molecule has 0 saturated heterocycles. The summed E-state index contributed by atoms with van der Waals surface area (Å²) in [6, 6.07) is 15.0. The van der Waals surface area contributed by atoms with Crippen molar-refractivity contribution in [1.29, 1.82) is 0 Å². The van der Waals surface area contributed by atoms with Crippen LogP contribution in [0.4, 0.5) is 10.8 Å². The van der Waals surface area contributed by atoms with Crippen molar-refractivity contribution >= 4 is 38.4 Å². The molecule has 0 aliphatic heterocycles. The Balaban J connectivity index is 1.64. The topological polar surface area (TPSA) is 77.9 Å². The van der Waals surface area contributed by atoms with Crippen LogP contribution in [-0.2, 0) is 10.0 Å². The largest absolute Gasteiger partial charge is 0.372 e. The normalized spacial score (nSPS) is 11.9. The smallest absolute Gasteiger partial charge is 0.242 e.